The molecular formula is C19H14IN3O2. The standard InChI is InChI=1S/C19H14IN3O2/c24-19-17-13-7-8-14-18(17)21-22-23(19)25-20(15-9-3-1-4-10-15)16-11-5-2-6-12-16/h1-14H. The topological polar surface area (TPSA) is 57.0 Å². The van der Waals surface area contributed by atoms with Gasteiger partial charge in [0.15, 0.2) is 0 Å². The Labute approximate surface area is 151 Å². The molecule has 0 aliphatic rings. The summed E-state index contributed by atoms with van der Waals surface area (Å²) in [4.78, 5) is 13.7. The fourth-order valence-corrected chi connectivity index (χ4v) is 6.29. The van der Waals surface area contributed by atoms with E-state index in [1.165, 1.54) is 0 Å². The van der Waals surface area contributed by atoms with Gasteiger partial charge >= 0.3 is 152 Å². The Bertz CT molecular complexity index is 1010. The fraction of sp³-hybridized carbons (Fsp3) is 0. The van der Waals surface area contributed by atoms with Crippen molar-refractivity contribution < 1.29 is 3.17 Å². The number of hydrogen-bond acceptors (Lipinski definition) is 4. The van der Waals surface area contributed by atoms with Crippen LogP contribution in [0.25, 0.3) is 10.9 Å². The third-order valence-corrected chi connectivity index (χ3v) is 8.01. The molecule has 1 aromatic heterocycles. The number of halogens is 1. The van der Waals surface area contributed by atoms with Crippen molar-refractivity contribution in [2.75, 3.05) is 0 Å². The monoisotopic (exact) mass is 443 g/mol. The fourth-order valence-electron chi connectivity index (χ4n) is 2.35. The Morgan fingerprint density at radius 1 is 0.760 bits per heavy atom. The van der Waals surface area contributed by atoms with E-state index < -0.39 is 20.2 Å². The summed E-state index contributed by atoms with van der Waals surface area (Å²) in [5, 5.41) is 8.56. The average molecular weight is 443 g/mol. The van der Waals surface area contributed by atoms with Crippen LogP contribution < -0.4 is 8.73 Å². The van der Waals surface area contributed by atoms with Gasteiger partial charge < -0.3 is 0 Å². The molecule has 0 saturated heterocycles. The van der Waals surface area contributed by atoms with E-state index in [0.717, 1.165) is 12.0 Å². The summed E-state index contributed by atoms with van der Waals surface area (Å²) in [6.07, 6.45) is 0. The Morgan fingerprint density at radius 3 is 1.96 bits per heavy atom. The van der Waals surface area contributed by atoms with E-state index in [-0.39, 0.29) is 5.56 Å². The molecule has 4 aromatic rings. The third kappa shape index (κ3) is 3.25. The van der Waals surface area contributed by atoms with Crippen LogP contribution >= 0.6 is 20.2 Å². The van der Waals surface area contributed by atoms with E-state index in [1.54, 1.807) is 18.2 Å². The van der Waals surface area contributed by atoms with Gasteiger partial charge in [0, 0.05) is 0 Å². The summed E-state index contributed by atoms with van der Waals surface area (Å²) in [6.45, 7) is 0. The molecule has 3 aromatic carbocycles. The second-order valence-electron chi connectivity index (χ2n) is 5.19. The molecule has 0 aliphatic carbocycles. The average Bonchev–Trinajstić information content (AvgIpc) is 2.69. The van der Waals surface area contributed by atoms with E-state index in [0.29, 0.717) is 10.9 Å². The molecule has 0 atom stereocenters. The summed E-state index contributed by atoms with van der Waals surface area (Å²) in [5.74, 6) is 0. The first-order chi connectivity index (χ1) is 12.3. The Hall–Kier alpha value is -2.74. The zero-order chi connectivity index (χ0) is 17.1. The Balaban J connectivity index is 1.80. The molecule has 4 rings (SSSR count). The first-order valence-electron chi connectivity index (χ1n) is 7.66. The van der Waals surface area contributed by atoms with Crippen LogP contribution in [0.15, 0.2) is 89.7 Å². The van der Waals surface area contributed by atoms with Gasteiger partial charge in [-0.3, -0.25) is 0 Å². The normalized spacial score (nSPS) is 11.3. The summed E-state index contributed by atoms with van der Waals surface area (Å²) in [6, 6.07) is 27.0. The molecular weight excluding hydrogens is 429 g/mol. The maximum absolute atomic E-state index is 12.7. The molecule has 0 spiro atoms. The maximum atomic E-state index is 12.7. The van der Waals surface area contributed by atoms with Gasteiger partial charge in [0.1, 0.15) is 0 Å². The number of fused-ring (bicyclic) bond motifs is 1. The molecule has 124 valence electrons. The number of benzene rings is 3. The van der Waals surface area contributed by atoms with Gasteiger partial charge in [-0.1, -0.05) is 0 Å². The van der Waals surface area contributed by atoms with Gasteiger partial charge in [-0.2, -0.15) is 0 Å². The van der Waals surface area contributed by atoms with E-state index >= 15 is 0 Å². The zero-order valence-electron chi connectivity index (χ0n) is 13.1. The molecule has 0 amide bonds. The van der Waals surface area contributed by atoms with Crippen LogP contribution in [-0.2, 0) is 0 Å². The summed E-state index contributed by atoms with van der Waals surface area (Å²) >= 11 is -2.34. The van der Waals surface area contributed by atoms with Crippen LogP contribution in [0.1, 0.15) is 0 Å². The molecule has 25 heavy (non-hydrogen) atoms. The van der Waals surface area contributed by atoms with E-state index in [4.69, 9.17) is 3.17 Å². The molecule has 1 heterocycles. The van der Waals surface area contributed by atoms with Gasteiger partial charge in [-0.05, 0) is 0 Å². The van der Waals surface area contributed by atoms with E-state index in [9.17, 15) is 4.79 Å². The Kier molecular flexibility index (Phi) is 4.43. The molecule has 0 bridgehead atoms. The van der Waals surface area contributed by atoms with E-state index in [2.05, 4.69) is 10.3 Å². The van der Waals surface area contributed by atoms with Crippen LogP contribution in [0.4, 0.5) is 0 Å². The van der Waals surface area contributed by atoms with Crippen molar-refractivity contribution in [3.05, 3.63) is 102 Å². The minimum atomic E-state index is -2.34. The van der Waals surface area contributed by atoms with Crippen molar-refractivity contribution in [2.24, 2.45) is 0 Å². The molecule has 0 N–H and O–H groups in total. The van der Waals surface area contributed by atoms with Crippen LogP contribution in [0.2, 0.25) is 0 Å². The molecule has 0 unspecified atom stereocenters. The zero-order valence-corrected chi connectivity index (χ0v) is 15.3. The number of rotatable bonds is 4. The summed E-state index contributed by atoms with van der Waals surface area (Å²) in [7, 11) is 0. The van der Waals surface area contributed by atoms with Crippen molar-refractivity contribution in [2.45, 2.75) is 0 Å². The van der Waals surface area contributed by atoms with Crippen molar-refractivity contribution in [1.82, 2.24) is 15.2 Å². The number of nitrogens with zero attached hydrogens (tertiary/aromatic N) is 3. The second kappa shape index (κ2) is 7.02. The SMILES string of the molecule is O=c1c2ccccc2nnn1OI(c1ccccc1)c1ccccc1. The van der Waals surface area contributed by atoms with Gasteiger partial charge in [0.2, 0.25) is 0 Å². The van der Waals surface area contributed by atoms with Crippen molar-refractivity contribution >= 4 is 31.1 Å². The molecule has 0 saturated carbocycles. The molecule has 0 aliphatic heterocycles. The summed E-state index contributed by atoms with van der Waals surface area (Å²) < 4.78 is 8.28. The van der Waals surface area contributed by atoms with Gasteiger partial charge in [-0.25, -0.2) is 0 Å². The second-order valence-corrected chi connectivity index (χ2v) is 9.50. The van der Waals surface area contributed by atoms with Crippen molar-refractivity contribution in [3.8, 4) is 0 Å². The minimum absolute atomic E-state index is 0.292. The number of hydrogen-bond donors (Lipinski definition) is 0. The van der Waals surface area contributed by atoms with Gasteiger partial charge in [-0.15, -0.1) is 0 Å². The van der Waals surface area contributed by atoms with Crippen LogP contribution in [0.3, 0.4) is 0 Å². The van der Waals surface area contributed by atoms with Crippen molar-refractivity contribution in [1.29, 1.82) is 0 Å². The molecule has 6 heteroatoms. The number of aromatic nitrogens is 3. The quantitative estimate of drug-likeness (QED) is 0.454. The predicted octanol–water partition coefficient (Wildman–Crippen LogP) is 3.38. The molecule has 0 radical (unpaired) electrons. The van der Waals surface area contributed by atoms with Crippen LogP contribution in [-0.4, -0.2) is 15.2 Å². The predicted molar refractivity (Wildman–Crippen MR) is 105 cm³/mol. The van der Waals surface area contributed by atoms with Crippen LogP contribution in [0.5, 0.6) is 0 Å². The van der Waals surface area contributed by atoms with Crippen molar-refractivity contribution in [3.63, 3.8) is 0 Å². The van der Waals surface area contributed by atoms with Gasteiger partial charge in [0.05, 0.1) is 0 Å². The first kappa shape index (κ1) is 15.8. The molecule has 0 fully saturated rings. The van der Waals surface area contributed by atoms with E-state index in [1.807, 2.05) is 66.7 Å². The van der Waals surface area contributed by atoms with Crippen LogP contribution in [0, 0.1) is 7.14 Å². The van der Waals surface area contributed by atoms with Gasteiger partial charge in [0.25, 0.3) is 0 Å². The molecule has 5 nitrogen and oxygen atoms in total. The Morgan fingerprint density at radius 2 is 1.32 bits per heavy atom. The summed E-state index contributed by atoms with van der Waals surface area (Å²) in [5.41, 5.74) is 0.270. The first-order valence-corrected chi connectivity index (χ1v) is 10.7. The third-order valence-electron chi connectivity index (χ3n) is 3.54.